The van der Waals surface area contributed by atoms with Crippen LogP contribution >= 0.6 is 11.8 Å². The molecule has 0 saturated carbocycles. The fourth-order valence-electron chi connectivity index (χ4n) is 1.68. The van der Waals surface area contributed by atoms with Crippen molar-refractivity contribution in [2.75, 3.05) is 26.4 Å². The molecule has 1 fully saturated rings. The van der Waals surface area contributed by atoms with Crippen molar-refractivity contribution >= 4 is 29.7 Å². The second-order valence-electron chi connectivity index (χ2n) is 4.01. The highest BCUT2D eigenvalue weighted by Gasteiger charge is 2.40. The number of carbonyl (C=O) groups is 3. The highest BCUT2D eigenvalue weighted by atomic mass is 32.2. The Morgan fingerprint density at radius 3 is 2.61 bits per heavy atom. The monoisotopic (exact) mass is 275 g/mol. The summed E-state index contributed by atoms with van der Waals surface area (Å²) in [4.78, 5) is 36.9. The first-order valence-corrected chi connectivity index (χ1v) is 6.51. The molecule has 0 aromatic carbocycles. The summed E-state index contributed by atoms with van der Waals surface area (Å²) in [6.45, 7) is 1.69. The van der Waals surface area contributed by atoms with Gasteiger partial charge < -0.3 is 15.3 Å². The SMILES string of the molecule is CNC(=O)CN(C)C(=O)N1C(C)SCC1C(=O)O. The van der Waals surface area contributed by atoms with Crippen LogP contribution in [0.4, 0.5) is 4.79 Å². The highest BCUT2D eigenvalue weighted by molar-refractivity contribution is 8.00. The summed E-state index contributed by atoms with van der Waals surface area (Å²) in [5.74, 6) is -0.943. The van der Waals surface area contributed by atoms with Gasteiger partial charge in [0.15, 0.2) is 0 Å². The summed E-state index contributed by atoms with van der Waals surface area (Å²) < 4.78 is 0. The Bertz CT molecular complexity index is 363. The summed E-state index contributed by atoms with van der Waals surface area (Å²) in [5, 5.41) is 11.3. The first kappa shape index (κ1) is 14.6. The van der Waals surface area contributed by atoms with E-state index in [-0.39, 0.29) is 17.8 Å². The van der Waals surface area contributed by atoms with E-state index in [9.17, 15) is 14.4 Å². The Kier molecular flexibility index (Phi) is 4.83. The zero-order valence-corrected chi connectivity index (χ0v) is 11.4. The standard InChI is InChI=1S/C10H17N3O4S/c1-6-13(7(5-18-6)9(15)16)10(17)12(3)4-8(14)11-2/h6-7H,4-5H2,1-3H3,(H,11,14)(H,15,16). The van der Waals surface area contributed by atoms with Gasteiger partial charge in [-0.3, -0.25) is 9.69 Å². The first-order chi connectivity index (χ1) is 8.38. The van der Waals surface area contributed by atoms with E-state index in [0.29, 0.717) is 5.75 Å². The summed E-state index contributed by atoms with van der Waals surface area (Å²) in [6.07, 6.45) is 0. The zero-order valence-electron chi connectivity index (χ0n) is 10.5. The lowest BCUT2D eigenvalue weighted by Gasteiger charge is -2.29. The van der Waals surface area contributed by atoms with Gasteiger partial charge in [0.2, 0.25) is 5.91 Å². The molecule has 0 aromatic rings. The van der Waals surface area contributed by atoms with Gasteiger partial charge in [0.1, 0.15) is 12.6 Å². The van der Waals surface area contributed by atoms with Crippen LogP contribution in [0.1, 0.15) is 6.92 Å². The zero-order chi connectivity index (χ0) is 13.9. The Labute approximate surface area is 109 Å². The molecule has 1 saturated heterocycles. The van der Waals surface area contributed by atoms with Crippen molar-refractivity contribution < 1.29 is 19.5 Å². The van der Waals surface area contributed by atoms with Crippen molar-refractivity contribution in [3.8, 4) is 0 Å². The molecule has 1 aliphatic heterocycles. The predicted octanol–water partition coefficient (Wildman–Crippen LogP) is -0.368. The topological polar surface area (TPSA) is 90.0 Å². The van der Waals surface area contributed by atoms with E-state index in [1.165, 1.54) is 35.7 Å². The van der Waals surface area contributed by atoms with Gasteiger partial charge >= 0.3 is 12.0 Å². The molecule has 2 N–H and O–H groups in total. The fourth-order valence-corrected chi connectivity index (χ4v) is 2.84. The van der Waals surface area contributed by atoms with Crippen LogP contribution in [0.3, 0.4) is 0 Å². The maximum atomic E-state index is 12.1. The molecule has 1 heterocycles. The van der Waals surface area contributed by atoms with E-state index in [1.807, 2.05) is 0 Å². The summed E-state index contributed by atoms with van der Waals surface area (Å²) >= 11 is 1.41. The van der Waals surface area contributed by atoms with E-state index < -0.39 is 18.0 Å². The lowest BCUT2D eigenvalue weighted by Crippen LogP contribution is -2.51. The van der Waals surface area contributed by atoms with Crippen LogP contribution in [0, 0.1) is 0 Å². The number of likely N-dealkylation sites (N-methyl/N-ethyl adjacent to an activating group) is 2. The number of aliphatic carboxylic acids is 1. The Morgan fingerprint density at radius 2 is 2.11 bits per heavy atom. The smallest absolute Gasteiger partial charge is 0.327 e. The molecule has 1 rings (SSSR count). The Balaban J connectivity index is 2.74. The average molecular weight is 275 g/mol. The molecule has 102 valence electrons. The lowest BCUT2D eigenvalue weighted by molar-refractivity contribution is -0.141. The number of hydrogen-bond acceptors (Lipinski definition) is 4. The maximum absolute atomic E-state index is 12.1. The molecule has 3 amide bonds. The van der Waals surface area contributed by atoms with Crippen LogP contribution in [0.15, 0.2) is 0 Å². The number of carbonyl (C=O) groups excluding carboxylic acids is 2. The molecule has 8 heteroatoms. The van der Waals surface area contributed by atoms with E-state index in [4.69, 9.17) is 5.11 Å². The summed E-state index contributed by atoms with van der Waals surface area (Å²) in [5.41, 5.74) is 0. The minimum atomic E-state index is -1.02. The normalized spacial score (nSPS) is 22.7. The number of urea groups is 1. The largest absolute Gasteiger partial charge is 0.480 e. The lowest BCUT2D eigenvalue weighted by atomic mass is 10.3. The minimum Gasteiger partial charge on any atom is -0.480 e. The third kappa shape index (κ3) is 3.06. The van der Waals surface area contributed by atoms with Crippen LogP contribution in [0.25, 0.3) is 0 Å². The number of amides is 3. The summed E-state index contributed by atoms with van der Waals surface area (Å²) in [6, 6.07) is -1.27. The highest BCUT2D eigenvalue weighted by Crippen LogP contribution is 2.29. The molecule has 0 spiro atoms. The number of thioether (sulfide) groups is 1. The third-order valence-corrected chi connectivity index (χ3v) is 3.93. The third-order valence-electron chi connectivity index (χ3n) is 2.71. The quantitative estimate of drug-likeness (QED) is 0.733. The van der Waals surface area contributed by atoms with E-state index in [1.54, 1.807) is 6.92 Å². The Hall–Kier alpha value is -1.44. The van der Waals surface area contributed by atoms with Gasteiger partial charge in [0.05, 0.1) is 5.37 Å². The molecule has 0 aliphatic carbocycles. The van der Waals surface area contributed by atoms with Crippen LogP contribution in [0.5, 0.6) is 0 Å². The second kappa shape index (κ2) is 5.94. The van der Waals surface area contributed by atoms with Crippen LogP contribution in [-0.4, -0.2) is 70.6 Å². The molecular weight excluding hydrogens is 258 g/mol. The Morgan fingerprint density at radius 1 is 1.50 bits per heavy atom. The number of nitrogens with one attached hydrogen (secondary N) is 1. The van der Waals surface area contributed by atoms with Gasteiger partial charge in [-0.2, -0.15) is 0 Å². The molecule has 7 nitrogen and oxygen atoms in total. The van der Waals surface area contributed by atoms with Gasteiger partial charge in [-0.25, -0.2) is 9.59 Å². The number of nitrogens with zero attached hydrogens (tertiary/aromatic N) is 2. The molecule has 18 heavy (non-hydrogen) atoms. The van der Waals surface area contributed by atoms with E-state index in [0.717, 1.165) is 0 Å². The van der Waals surface area contributed by atoms with E-state index >= 15 is 0 Å². The average Bonchev–Trinajstić information content (AvgIpc) is 2.69. The maximum Gasteiger partial charge on any atom is 0.327 e. The molecule has 0 aromatic heterocycles. The fraction of sp³-hybridized carbons (Fsp3) is 0.700. The van der Waals surface area contributed by atoms with Crippen LogP contribution in [0.2, 0.25) is 0 Å². The molecule has 2 atom stereocenters. The number of carboxylic acids is 1. The molecule has 1 aliphatic rings. The van der Waals surface area contributed by atoms with Crippen LogP contribution < -0.4 is 5.32 Å². The number of hydrogen-bond donors (Lipinski definition) is 2. The van der Waals surface area contributed by atoms with Gasteiger partial charge in [-0.05, 0) is 6.92 Å². The van der Waals surface area contributed by atoms with Gasteiger partial charge in [0.25, 0.3) is 0 Å². The number of rotatable bonds is 3. The van der Waals surface area contributed by atoms with Crippen molar-refractivity contribution in [2.24, 2.45) is 0 Å². The molecule has 0 radical (unpaired) electrons. The van der Waals surface area contributed by atoms with Gasteiger partial charge in [-0.15, -0.1) is 11.8 Å². The molecule has 0 bridgehead atoms. The predicted molar refractivity (Wildman–Crippen MR) is 67.3 cm³/mol. The van der Waals surface area contributed by atoms with Crippen molar-refractivity contribution in [1.82, 2.24) is 15.1 Å². The minimum absolute atomic E-state index is 0.0877. The molecule has 2 unspecified atom stereocenters. The van der Waals surface area contributed by atoms with E-state index in [2.05, 4.69) is 5.32 Å². The van der Waals surface area contributed by atoms with Gasteiger partial charge in [0, 0.05) is 19.8 Å². The molecular formula is C10H17N3O4S. The van der Waals surface area contributed by atoms with Crippen LogP contribution in [-0.2, 0) is 9.59 Å². The number of carboxylic acid groups (broad SMARTS) is 1. The van der Waals surface area contributed by atoms with Crippen molar-refractivity contribution in [3.05, 3.63) is 0 Å². The first-order valence-electron chi connectivity index (χ1n) is 5.47. The van der Waals surface area contributed by atoms with Crippen molar-refractivity contribution in [2.45, 2.75) is 18.3 Å². The van der Waals surface area contributed by atoms with Crippen molar-refractivity contribution in [3.63, 3.8) is 0 Å². The van der Waals surface area contributed by atoms with Gasteiger partial charge in [-0.1, -0.05) is 0 Å². The second-order valence-corrected chi connectivity index (χ2v) is 5.35. The van der Waals surface area contributed by atoms with Crippen molar-refractivity contribution in [1.29, 1.82) is 0 Å². The summed E-state index contributed by atoms with van der Waals surface area (Å²) in [7, 11) is 2.96.